The van der Waals surface area contributed by atoms with Crippen molar-refractivity contribution >= 4 is 44.3 Å². The van der Waals surface area contributed by atoms with Crippen molar-refractivity contribution in [1.82, 2.24) is 4.57 Å². The van der Waals surface area contributed by atoms with Crippen LogP contribution in [0, 0.1) is 0 Å². The van der Waals surface area contributed by atoms with E-state index < -0.39 is 10.0 Å². The highest BCUT2D eigenvalue weighted by atomic mass is 35.5. The number of nitrogens with zero attached hydrogens (tertiary/aromatic N) is 2. The Morgan fingerprint density at radius 2 is 1.96 bits per heavy atom. The first-order valence-corrected chi connectivity index (χ1v) is 10.4. The lowest BCUT2D eigenvalue weighted by atomic mass is 10.2. The largest absolute Gasteiger partial charge is 0.312 e. The summed E-state index contributed by atoms with van der Waals surface area (Å²) in [6.07, 6.45) is 1.72. The molecule has 0 amide bonds. The van der Waals surface area contributed by atoms with Gasteiger partial charge in [-0.2, -0.15) is 8.42 Å². The summed E-state index contributed by atoms with van der Waals surface area (Å²) in [5.74, 6) is 0. The van der Waals surface area contributed by atoms with Crippen LogP contribution in [-0.2, 0) is 16.6 Å². The standard InChI is InChI=1S/C16H13ClN2O2S3/c1-2-10-19-13(12-6-4-3-5-7-12)11-22-16(19)18-24(20,21)15-9-8-14(17)23-15/h2-9,11H,1,10H2/b18-16+. The Bertz CT molecular complexity index is 1030. The first-order chi connectivity index (χ1) is 11.5. The first kappa shape index (κ1) is 17.2. The van der Waals surface area contributed by atoms with Crippen LogP contribution in [0.25, 0.3) is 11.3 Å². The lowest BCUT2D eigenvalue weighted by molar-refractivity contribution is 0.597. The van der Waals surface area contributed by atoms with Crippen molar-refractivity contribution in [3.8, 4) is 11.3 Å². The van der Waals surface area contributed by atoms with Crippen LogP contribution in [0.5, 0.6) is 0 Å². The third-order valence-electron chi connectivity index (χ3n) is 3.18. The average Bonchev–Trinajstić information content (AvgIpc) is 3.16. The molecule has 0 aliphatic rings. The lowest BCUT2D eigenvalue weighted by Crippen LogP contribution is -2.17. The van der Waals surface area contributed by atoms with Gasteiger partial charge in [0.05, 0.1) is 10.0 Å². The van der Waals surface area contributed by atoms with Crippen LogP contribution < -0.4 is 4.80 Å². The number of rotatable bonds is 5. The number of thiazole rings is 1. The highest BCUT2D eigenvalue weighted by Crippen LogP contribution is 2.27. The van der Waals surface area contributed by atoms with Crippen molar-refractivity contribution in [3.63, 3.8) is 0 Å². The summed E-state index contributed by atoms with van der Waals surface area (Å²) in [6.45, 7) is 4.21. The molecule has 0 spiro atoms. The minimum atomic E-state index is -3.79. The molecule has 0 unspecified atom stereocenters. The minimum Gasteiger partial charge on any atom is -0.312 e. The van der Waals surface area contributed by atoms with Crippen molar-refractivity contribution in [2.45, 2.75) is 10.8 Å². The SMILES string of the molecule is C=CCn1c(-c2ccccc2)cs/c1=N/S(=O)(=O)c1ccc(Cl)s1. The van der Waals surface area contributed by atoms with Crippen LogP contribution in [0.2, 0.25) is 4.34 Å². The van der Waals surface area contributed by atoms with E-state index in [1.807, 2.05) is 40.3 Å². The zero-order chi connectivity index (χ0) is 17.2. The van der Waals surface area contributed by atoms with E-state index >= 15 is 0 Å². The molecule has 0 radical (unpaired) electrons. The van der Waals surface area contributed by atoms with E-state index in [1.54, 1.807) is 12.1 Å². The van der Waals surface area contributed by atoms with Gasteiger partial charge < -0.3 is 4.57 Å². The molecule has 0 aliphatic heterocycles. The Morgan fingerprint density at radius 1 is 1.21 bits per heavy atom. The normalized spacial score (nSPS) is 12.5. The second-order valence-electron chi connectivity index (χ2n) is 4.79. The maximum absolute atomic E-state index is 12.5. The molecule has 0 saturated carbocycles. The van der Waals surface area contributed by atoms with Crippen LogP contribution >= 0.6 is 34.3 Å². The number of hydrogen-bond acceptors (Lipinski definition) is 4. The van der Waals surface area contributed by atoms with Gasteiger partial charge in [-0.3, -0.25) is 0 Å². The number of hydrogen-bond donors (Lipinski definition) is 0. The van der Waals surface area contributed by atoms with Crippen LogP contribution in [0.4, 0.5) is 0 Å². The maximum Gasteiger partial charge on any atom is 0.294 e. The van der Waals surface area contributed by atoms with E-state index in [9.17, 15) is 8.42 Å². The van der Waals surface area contributed by atoms with Crippen LogP contribution in [-0.4, -0.2) is 13.0 Å². The Morgan fingerprint density at radius 3 is 2.58 bits per heavy atom. The molecule has 8 heteroatoms. The molecule has 0 fully saturated rings. The van der Waals surface area contributed by atoms with Gasteiger partial charge in [0.25, 0.3) is 10.0 Å². The van der Waals surface area contributed by atoms with Gasteiger partial charge in [0.1, 0.15) is 4.21 Å². The van der Waals surface area contributed by atoms with Gasteiger partial charge in [-0.05, 0) is 17.7 Å². The van der Waals surface area contributed by atoms with Crippen molar-refractivity contribution in [3.05, 3.63) is 69.6 Å². The number of benzene rings is 1. The highest BCUT2D eigenvalue weighted by molar-refractivity contribution is 7.92. The fourth-order valence-corrected chi connectivity index (χ4v) is 5.73. The minimum absolute atomic E-state index is 0.132. The summed E-state index contributed by atoms with van der Waals surface area (Å²) < 4.78 is 31.3. The van der Waals surface area contributed by atoms with Gasteiger partial charge in [0.15, 0.2) is 0 Å². The number of aromatic nitrogens is 1. The third kappa shape index (κ3) is 3.54. The maximum atomic E-state index is 12.5. The zero-order valence-electron chi connectivity index (χ0n) is 12.4. The second-order valence-corrected chi connectivity index (χ2v) is 9.18. The van der Waals surface area contributed by atoms with Crippen LogP contribution in [0.15, 0.2) is 69.1 Å². The number of thiophene rings is 1. The molecular formula is C16H13ClN2O2S3. The smallest absolute Gasteiger partial charge is 0.294 e. The Labute approximate surface area is 153 Å². The topological polar surface area (TPSA) is 51.4 Å². The van der Waals surface area contributed by atoms with E-state index in [0.717, 1.165) is 22.6 Å². The van der Waals surface area contributed by atoms with Crippen LogP contribution in [0.3, 0.4) is 0 Å². The Hall–Kier alpha value is -1.67. The Balaban J connectivity index is 2.15. The van der Waals surface area contributed by atoms with E-state index in [1.165, 1.54) is 17.4 Å². The van der Waals surface area contributed by atoms with Gasteiger partial charge in [0.2, 0.25) is 4.80 Å². The monoisotopic (exact) mass is 396 g/mol. The Kier molecular flexibility index (Phi) is 5.05. The number of halogens is 1. The van der Waals surface area contributed by atoms with Crippen molar-refractivity contribution < 1.29 is 8.42 Å². The van der Waals surface area contributed by atoms with Crippen molar-refractivity contribution in [2.24, 2.45) is 4.40 Å². The number of allylic oxidation sites excluding steroid dienone is 1. The van der Waals surface area contributed by atoms with Gasteiger partial charge in [-0.25, -0.2) is 0 Å². The van der Waals surface area contributed by atoms with Gasteiger partial charge in [-0.15, -0.1) is 33.7 Å². The van der Waals surface area contributed by atoms with E-state index in [0.29, 0.717) is 15.7 Å². The predicted octanol–water partition coefficient (Wildman–Crippen LogP) is 4.41. The van der Waals surface area contributed by atoms with Gasteiger partial charge in [-0.1, -0.05) is 48.0 Å². The fourth-order valence-electron chi connectivity index (χ4n) is 2.13. The zero-order valence-corrected chi connectivity index (χ0v) is 15.6. The summed E-state index contributed by atoms with van der Waals surface area (Å²) in [7, 11) is -3.79. The summed E-state index contributed by atoms with van der Waals surface area (Å²) in [4.78, 5) is 0.401. The third-order valence-corrected chi connectivity index (χ3v) is 7.12. The molecule has 0 N–H and O–H groups in total. The molecule has 0 aliphatic carbocycles. The quantitative estimate of drug-likeness (QED) is 0.600. The molecule has 124 valence electrons. The summed E-state index contributed by atoms with van der Waals surface area (Å²) >= 11 is 8.11. The van der Waals surface area contributed by atoms with Crippen molar-refractivity contribution in [1.29, 1.82) is 0 Å². The molecule has 4 nitrogen and oxygen atoms in total. The van der Waals surface area contributed by atoms with Gasteiger partial charge >= 0.3 is 0 Å². The average molecular weight is 397 g/mol. The number of sulfonamides is 1. The molecule has 3 aromatic rings. The molecule has 0 bridgehead atoms. The highest BCUT2D eigenvalue weighted by Gasteiger charge is 2.17. The van der Waals surface area contributed by atoms with E-state index in [-0.39, 0.29) is 4.21 Å². The lowest BCUT2D eigenvalue weighted by Gasteiger charge is -2.06. The molecule has 2 aromatic heterocycles. The molecule has 1 aromatic carbocycles. The molecular weight excluding hydrogens is 384 g/mol. The van der Waals surface area contributed by atoms with Gasteiger partial charge in [0, 0.05) is 11.9 Å². The molecule has 24 heavy (non-hydrogen) atoms. The van der Waals surface area contributed by atoms with E-state index in [4.69, 9.17) is 11.6 Å². The molecule has 3 rings (SSSR count). The fraction of sp³-hybridized carbons (Fsp3) is 0.0625. The molecule has 0 saturated heterocycles. The molecule has 0 atom stereocenters. The van der Waals surface area contributed by atoms with E-state index in [2.05, 4.69) is 11.0 Å². The summed E-state index contributed by atoms with van der Waals surface area (Å²) in [5, 5.41) is 1.90. The second kappa shape index (κ2) is 7.06. The predicted molar refractivity (Wildman–Crippen MR) is 100 cm³/mol. The molecule has 2 heterocycles. The first-order valence-electron chi connectivity index (χ1n) is 6.92. The van der Waals surface area contributed by atoms with Crippen molar-refractivity contribution in [2.75, 3.05) is 0 Å². The summed E-state index contributed by atoms with van der Waals surface area (Å²) in [5.41, 5.74) is 1.90. The van der Waals surface area contributed by atoms with Crippen LogP contribution in [0.1, 0.15) is 0 Å². The summed E-state index contributed by atoms with van der Waals surface area (Å²) in [6, 6.07) is 12.8.